The van der Waals surface area contributed by atoms with Gasteiger partial charge in [-0.1, -0.05) is 23.2 Å². The molecule has 17 heavy (non-hydrogen) atoms. The Labute approximate surface area is 115 Å². The van der Waals surface area contributed by atoms with Crippen LogP contribution in [-0.2, 0) is 0 Å². The summed E-state index contributed by atoms with van der Waals surface area (Å²) in [6.07, 6.45) is 0. The molecule has 0 amide bonds. The molecule has 0 aliphatic carbocycles. The number of thiophene rings is 1. The second-order valence-electron chi connectivity index (χ2n) is 3.59. The number of aromatic nitrogens is 1. The van der Waals surface area contributed by atoms with Crippen molar-refractivity contribution in [3.8, 4) is 10.6 Å². The predicted octanol–water partition coefficient (Wildman–Crippen LogP) is 4.86. The largest absolute Gasteiger partial charge is 0.369 e. The standard InChI is InChI=1S/C12H12Cl2N2S/c1-3-15-12-9(14)6-8(13)11(16-12)10-5-4-7(2)17-10/h4-6H,3H2,1-2H3,(H,15,16). The highest BCUT2D eigenvalue weighted by Crippen LogP contribution is 2.35. The molecule has 5 heteroatoms. The summed E-state index contributed by atoms with van der Waals surface area (Å²) >= 11 is 13.9. The van der Waals surface area contributed by atoms with E-state index in [1.54, 1.807) is 17.4 Å². The van der Waals surface area contributed by atoms with E-state index in [-0.39, 0.29) is 0 Å². The summed E-state index contributed by atoms with van der Waals surface area (Å²) in [5.41, 5.74) is 0.783. The van der Waals surface area contributed by atoms with Crippen LogP contribution >= 0.6 is 34.5 Å². The van der Waals surface area contributed by atoms with Crippen molar-refractivity contribution in [3.05, 3.63) is 33.1 Å². The molecule has 2 aromatic rings. The summed E-state index contributed by atoms with van der Waals surface area (Å²) in [6, 6.07) is 5.82. The fourth-order valence-electron chi connectivity index (χ4n) is 1.49. The van der Waals surface area contributed by atoms with Gasteiger partial charge < -0.3 is 5.32 Å². The molecule has 0 aliphatic heterocycles. The summed E-state index contributed by atoms with van der Waals surface area (Å²) in [4.78, 5) is 6.77. The zero-order chi connectivity index (χ0) is 12.4. The van der Waals surface area contributed by atoms with E-state index in [0.717, 1.165) is 17.1 Å². The van der Waals surface area contributed by atoms with Crippen molar-refractivity contribution in [2.24, 2.45) is 0 Å². The highest BCUT2D eigenvalue weighted by Gasteiger charge is 2.12. The van der Waals surface area contributed by atoms with Gasteiger partial charge in [-0.3, -0.25) is 0 Å². The molecule has 90 valence electrons. The topological polar surface area (TPSA) is 24.9 Å². The van der Waals surface area contributed by atoms with Crippen LogP contribution in [0.5, 0.6) is 0 Å². The van der Waals surface area contributed by atoms with Crippen molar-refractivity contribution in [2.75, 3.05) is 11.9 Å². The van der Waals surface area contributed by atoms with E-state index >= 15 is 0 Å². The van der Waals surface area contributed by atoms with E-state index in [2.05, 4.69) is 23.3 Å². The molecular formula is C12H12Cl2N2S. The molecule has 0 aliphatic rings. The normalized spacial score (nSPS) is 10.6. The Morgan fingerprint density at radius 1 is 1.29 bits per heavy atom. The summed E-state index contributed by atoms with van der Waals surface area (Å²) in [5, 5.41) is 4.25. The van der Waals surface area contributed by atoms with E-state index < -0.39 is 0 Å². The SMILES string of the molecule is CCNc1nc(-c2ccc(C)s2)c(Cl)cc1Cl. The van der Waals surface area contributed by atoms with E-state index in [0.29, 0.717) is 15.9 Å². The van der Waals surface area contributed by atoms with Gasteiger partial charge in [0.15, 0.2) is 0 Å². The summed E-state index contributed by atoms with van der Waals surface area (Å²) in [6.45, 7) is 4.84. The lowest BCUT2D eigenvalue weighted by Gasteiger charge is -2.08. The Morgan fingerprint density at radius 3 is 2.65 bits per heavy atom. The maximum absolute atomic E-state index is 6.18. The summed E-state index contributed by atoms with van der Waals surface area (Å²) in [5.74, 6) is 0.680. The maximum Gasteiger partial charge on any atom is 0.145 e. The molecule has 0 radical (unpaired) electrons. The third-order valence-electron chi connectivity index (χ3n) is 2.25. The molecule has 0 unspecified atom stereocenters. The highest BCUT2D eigenvalue weighted by atomic mass is 35.5. The average Bonchev–Trinajstić information content (AvgIpc) is 2.69. The van der Waals surface area contributed by atoms with Crippen molar-refractivity contribution < 1.29 is 0 Å². The molecule has 0 spiro atoms. The minimum absolute atomic E-state index is 0.550. The van der Waals surface area contributed by atoms with Crippen molar-refractivity contribution in [2.45, 2.75) is 13.8 Å². The van der Waals surface area contributed by atoms with Crippen LogP contribution in [0, 0.1) is 6.92 Å². The zero-order valence-corrected chi connectivity index (χ0v) is 11.9. The molecule has 2 heterocycles. The number of aryl methyl sites for hydroxylation is 1. The highest BCUT2D eigenvalue weighted by molar-refractivity contribution is 7.15. The van der Waals surface area contributed by atoms with Gasteiger partial charge in [0.2, 0.25) is 0 Å². The summed E-state index contributed by atoms with van der Waals surface area (Å²) < 4.78 is 0. The Kier molecular flexibility index (Phi) is 3.92. The van der Waals surface area contributed by atoms with Gasteiger partial charge in [0.25, 0.3) is 0 Å². The lowest BCUT2D eigenvalue weighted by Crippen LogP contribution is -2.01. The minimum atomic E-state index is 0.550. The molecule has 2 nitrogen and oxygen atoms in total. The quantitative estimate of drug-likeness (QED) is 0.872. The molecule has 1 N–H and O–H groups in total. The fraction of sp³-hybridized carbons (Fsp3) is 0.250. The molecule has 0 bridgehead atoms. The summed E-state index contributed by atoms with van der Waals surface area (Å²) in [7, 11) is 0. The van der Waals surface area contributed by atoms with Gasteiger partial charge in [-0.05, 0) is 32.0 Å². The number of nitrogens with zero attached hydrogens (tertiary/aromatic N) is 1. The van der Waals surface area contributed by atoms with E-state index in [1.165, 1.54) is 4.88 Å². The second-order valence-corrected chi connectivity index (χ2v) is 5.69. The van der Waals surface area contributed by atoms with Crippen molar-refractivity contribution >= 4 is 40.4 Å². The van der Waals surface area contributed by atoms with Crippen LogP contribution in [0.3, 0.4) is 0 Å². The number of pyridine rings is 1. The Hall–Kier alpha value is -0.770. The van der Waals surface area contributed by atoms with Gasteiger partial charge in [0, 0.05) is 11.4 Å². The van der Waals surface area contributed by atoms with Crippen LogP contribution in [0.25, 0.3) is 10.6 Å². The van der Waals surface area contributed by atoms with Crippen LogP contribution in [0.4, 0.5) is 5.82 Å². The van der Waals surface area contributed by atoms with Gasteiger partial charge in [-0.25, -0.2) is 4.98 Å². The van der Waals surface area contributed by atoms with Crippen LogP contribution in [-0.4, -0.2) is 11.5 Å². The molecule has 0 fully saturated rings. The van der Waals surface area contributed by atoms with Crippen LogP contribution in [0.1, 0.15) is 11.8 Å². The first-order chi connectivity index (χ1) is 8.11. The molecule has 2 aromatic heterocycles. The number of hydrogen-bond acceptors (Lipinski definition) is 3. The Balaban J connectivity index is 2.50. The lowest BCUT2D eigenvalue weighted by molar-refractivity contribution is 1.16. The third-order valence-corrected chi connectivity index (χ3v) is 3.83. The smallest absolute Gasteiger partial charge is 0.145 e. The van der Waals surface area contributed by atoms with Gasteiger partial charge in [0.1, 0.15) is 11.5 Å². The number of rotatable bonds is 3. The van der Waals surface area contributed by atoms with Gasteiger partial charge in [-0.2, -0.15) is 0 Å². The second kappa shape index (κ2) is 5.25. The van der Waals surface area contributed by atoms with Crippen LogP contribution < -0.4 is 5.32 Å². The number of halogens is 2. The van der Waals surface area contributed by atoms with E-state index in [4.69, 9.17) is 23.2 Å². The molecule has 0 saturated heterocycles. The average molecular weight is 287 g/mol. The molecule has 0 aromatic carbocycles. The number of nitrogens with one attached hydrogen (secondary N) is 1. The van der Waals surface area contributed by atoms with Crippen molar-refractivity contribution in [1.82, 2.24) is 4.98 Å². The first kappa shape index (κ1) is 12.7. The minimum Gasteiger partial charge on any atom is -0.369 e. The van der Waals surface area contributed by atoms with Crippen LogP contribution in [0.15, 0.2) is 18.2 Å². The van der Waals surface area contributed by atoms with E-state index in [1.807, 2.05) is 13.0 Å². The Bertz CT molecular complexity index is 537. The van der Waals surface area contributed by atoms with Gasteiger partial charge in [0.05, 0.1) is 14.9 Å². The van der Waals surface area contributed by atoms with Gasteiger partial charge in [-0.15, -0.1) is 11.3 Å². The number of anilines is 1. The monoisotopic (exact) mass is 286 g/mol. The maximum atomic E-state index is 6.18. The first-order valence-corrected chi connectivity index (χ1v) is 6.85. The molecule has 0 atom stereocenters. The van der Waals surface area contributed by atoms with Gasteiger partial charge >= 0.3 is 0 Å². The number of hydrogen-bond donors (Lipinski definition) is 1. The van der Waals surface area contributed by atoms with Crippen molar-refractivity contribution in [3.63, 3.8) is 0 Å². The molecular weight excluding hydrogens is 275 g/mol. The molecule has 2 rings (SSSR count). The third kappa shape index (κ3) is 2.73. The van der Waals surface area contributed by atoms with Crippen molar-refractivity contribution in [1.29, 1.82) is 0 Å². The van der Waals surface area contributed by atoms with Crippen LogP contribution in [0.2, 0.25) is 10.0 Å². The Morgan fingerprint density at radius 2 is 2.06 bits per heavy atom. The predicted molar refractivity (Wildman–Crippen MR) is 76.5 cm³/mol. The first-order valence-electron chi connectivity index (χ1n) is 5.28. The fourth-order valence-corrected chi connectivity index (χ4v) is 2.95. The zero-order valence-electron chi connectivity index (χ0n) is 9.55. The molecule has 0 saturated carbocycles. The lowest BCUT2D eigenvalue weighted by atomic mass is 10.3. The van der Waals surface area contributed by atoms with E-state index in [9.17, 15) is 0 Å².